The van der Waals surface area contributed by atoms with Crippen LogP contribution in [0.4, 0.5) is 0 Å². The van der Waals surface area contributed by atoms with Crippen molar-refractivity contribution in [2.75, 3.05) is 33.9 Å². The molecule has 116 valence electrons. The molecule has 1 aromatic rings. The van der Waals surface area contributed by atoms with Crippen molar-refractivity contribution in [1.82, 2.24) is 10.2 Å². The highest BCUT2D eigenvalue weighted by Crippen LogP contribution is 2.30. The summed E-state index contributed by atoms with van der Waals surface area (Å²) in [5.74, 6) is 0.968. The average Bonchev–Trinajstić information content (AvgIpc) is 2.54. The number of methoxy groups -OCH3 is 2. The molecule has 2 rings (SSSR count). The van der Waals surface area contributed by atoms with Gasteiger partial charge < -0.3 is 19.7 Å². The molecule has 1 N–H and O–H groups in total. The standard InChI is InChI=1S/C16H24N2O3/c1-4-18-10-8-12(9-11-18)17-16(19)13-6-5-7-14(20-2)15(13)21-3/h5-7,12H,4,8-11H2,1-3H3,(H,17,19). The van der Waals surface area contributed by atoms with Crippen LogP contribution in [0, 0.1) is 0 Å². The summed E-state index contributed by atoms with van der Waals surface area (Å²) in [7, 11) is 3.12. The van der Waals surface area contributed by atoms with Gasteiger partial charge in [-0.15, -0.1) is 0 Å². The highest BCUT2D eigenvalue weighted by atomic mass is 16.5. The van der Waals surface area contributed by atoms with Crippen molar-refractivity contribution in [2.24, 2.45) is 0 Å². The molecule has 0 unspecified atom stereocenters. The molecule has 1 heterocycles. The first kappa shape index (κ1) is 15.6. The fraction of sp³-hybridized carbons (Fsp3) is 0.562. The van der Waals surface area contributed by atoms with Crippen LogP contribution < -0.4 is 14.8 Å². The van der Waals surface area contributed by atoms with Gasteiger partial charge in [0.15, 0.2) is 11.5 Å². The van der Waals surface area contributed by atoms with Gasteiger partial charge in [0.25, 0.3) is 5.91 Å². The van der Waals surface area contributed by atoms with Gasteiger partial charge in [0, 0.05) is 19.1 Å². The van der Waals surface area contributed by atoms with E-state index in [1.165, 1.54) is 0 Å². The van der Waals surface area contributed by atoms with E-state index in [1.807, 2.05) is 0 Å². The van der Waals surface area contributed by atoms with Gasteiger partial charge in [0.1, 0.15) is 0 Å². The van der Waals surface area contributed by atoms with E-state index in [0.29, 0.717) is 17.1 Å². The average molecular weight is 292 g/mol. The van der Waals surface area contributed by atoms with E-state index in [0.717, 1.165) is 32.5 Å². The van der Waals surface area contributed by atoms with E-state index in [4.69, 9.17) is 9.47 Å². The number of piperidine rings is 1. The topological polar surface area (TPSA) is 50.8 Å². The Hall–Kier alpha value is -1.75. The summed E-state index contributed by atoms with van der Waals surface area (Å²) < 4.78 is 10.6. The predicted molar refractivity (Wildman–Crippen MR) is 82.1 cm³/mol. The van der Waals surface area contributed by atoms with Gasteiger partial charge in [-0.3, -0.25) is 4.79 Å². The van der Waals surface area contributed by atoms with E-state index >= 15 is 0 Å². The smallest absolute Gasteiger partial charge is 0.255 e. The van der Waals surface area contributed by atoms with Crippen LogP contribution in [0.1, 0.15) is 30.1 Å². The molecule has 0 radical (unpaired) electrons. The third-order valence-corrected chi connectivity index (χ3v) is 4.02. The molecule has 0 aliphatic carbocycles. The Kier molecular flexibility index (Phi) is 5.44. The molecule has 1 aliphatic rings. The van der Waals surface area contributed by atoms with Gasteiger partial charge in [-0.1, -0.05) is 13.0 Å². The van der Waals surface area contributed by atoms with Crippen molar-refractivity contribution >= 4 is 5.91 Å². The summed E-state index contributed by atoms with van der Waals surface area (Å²) in [6.45, 7) is 5.32. The van der Waals surface area contributed by atoms with Crippen LogP contribution in [-0.4, -0.2) is 50.7 Å². The summed E-state index contributed by atoms with van der Waals surface area (Å²) in [5.41, 5.74) is 0.523. The number of para-hydroxylation sites is 1. The Morgan fingerprint density at radius 1 is 1.29 bits per heavy atom. The van der Waals surface area contributed by atoms with Crippen molar-refractivity contribution in [1.29, 1.82) is 0 Å². The van der Waals surface area contributed by atoms with Gasteiger partial charge in [-0.05, 0) is 31.5 Å². The fourth-order valence-corrected chi connectivity index (χ4v) is 2.72. The SMILES string of the molecule is CCN1CCC(NC(=O)c2cccc(OC)c2OC)CC1. The summed E-state index contributed by atoms with van der Waals surface area (Å²) in [4.78, 5) is 14.8. The fourth-order valence-electron chi connectivity index (χ4n) is 2.72. The second-order valence-corrected chi connectivity index (χ2v) is 5.22. The predicted octanol–water partition coefficient (Wildman–Crippen LogP) is 1.92. The number of amides is 1. The molecule has 0 spiro atoms. The molecule has 1 aromatic carbocycles. The van der Waals surface area contributed by atoms with Gasteiger partial charge in [0.2, 0.25) is 0 Å². The lowest BCUT2D eigenvalue weighted by Crippen LogP contribution is -2.44. The van der Waals surface area contributed by atoms with Crippen LogP contribution in [0.3, 0.4) is 0 Å². The Labute approximate surface area is 126 Å². The number of rotatable bonds is 5. The van der Waals surface area contributed by atoms with Crippen LogP contribution in [-0.2, 0) is 0 Å². The quantitative estimate of drug-likeness (QED) is 0.901. The minimum atomic E-state index is -0.0966. The van der Waals surface area contributed by atoms with Gasteiger partial charge in [-0.25, -0.2) is 0 Å². The molecule has 5 heteroatoms. The molecule has 0 atom stereocenters. The molecule has 5 nitrogen and oxygen atoms in total. The highest BCUT2D eigenvalue weighted by molar-refractivity contribution is 5.98. The lowest BCUT2D eigenvalue weighted by Gasteiger charge is -2.31. The van der Waals surface area contributed by atoms with Crippen molar-refractivity contribution in [3.05, 3.63) is 23.8 Å². The van der Waals surface area contributed by atoms with Crippen molar-refractivity contribution < 1.29 is 14.3 Å². The molecule has 21 heavy (non-hydrogen) atoms. The lowest BCUT2D eigenvalue weighted by molar-refractivity contribution is 0.0909. The molecule has 1 fully saturated rings. The maximum absolute atomic E-state index is 12.5. The van der Waals surface area contributed by atoms with Crippen molar-refractivity contribution in [3.8, 4) is 11.5 Å². The molecular weight excluding hydrogens is 268 g/mol. The molecule has 0 bridgehead atoms. The van der Waals surface area contributed by atoms with Gasteiger partial charge in [-0.2, -0.15) is 0 Å². The largest absolute Gasteiger partial charge is 0.493 e. The maximum atomic E-state index is 12.5. The maximum Gasteiger partial charge on any atom is 0.255 e. The van der Waals surface area contributed by atoms with Crippen LogP contribution >= 0.6 is 0 Å². The van der Waals surface area contributed by atoms with Gasteiger partial charge in [0.05, 0.1) is 19.8 Å². The van der Waals surface area contributed by atoms with E-state index in [-0.39, 0.29) is 11.9 Å². The molecule has 1 aliphatic heterocycles. The monoisotopic (exact) mass is 292 g/mol. The Morgan fingerprint density at radius 2 is 2.00 bits per heavy atom. The third-order valence-electron chi connectivity index (χ3n) is 4.02. The lowest BCUT2D eigenvalue weighted by atomic mass is 10.0. The Balaban J connectivity index is 2.04. The number of hydrogen-bond donors (Lipinski definition) is 1. The number of nitrogens with one attached hydrogen (secondary N) is 1. The van der Waals surface area contributed by atoms with Crippen molar-refractivity contribution in [2.45, 2.75) is 25.8 Å². The summed E-state index contributed by atoms with van der Waals surface area (Å²) in [6.07, 6.45) is 1.98. The van der Waals surface area contributed by atoms with E-state index < -0.39 is 0 Å². The zero-order valence-corrected chi connectivity index (χ0v) is 13.0. The summed E-state index contributed by atoms with van der Waals surface area (Å²) in [6, 6.07) is 5.58. The van der Waals surface area contributed by atoms with E-state index in [9.17, 15) is 4.79 Å². The molecule has 0 aromatic heterocycles. The van der Waals surface area contributed by atoms with Crippen molar-refractivity contribution in [3.63, 3.8) is 0 Å². The normalized spacial score (nSPS) is 16.5. The Morgan fingerprint density at radius 3 is 2.57 bits per heavy atom. The zero-order valence-electron chi connectivity index (χ0n) is 13.0. The second kappa shape index (κ2) is 7.31. The first-order valence-electron chi connectivity index (χ1n) is 7.43. The number of likely N-dealkylation sites (tertiary alicyclic amines) is 1. The minimum absolute atomic E-state index is 0.0966. The summed E-state index contributed by atoms with van der Waals surface area (Å²) in [5, 5.41) is 3.10. The Bertz CT molecular complexity index is 482. The van der Waals surface area contributed by atoms with Crippen LogP contribution in [0.2, 0.25) is 0 Å². The number of carbonyl (C=O) groups excluding carboxylic acids is 1. The summed E-state index contributed by atoms with van der Waals surface area (Å²) >= 11 is 0. The number of benzene rings is 1. The zero-order chi connectivity index (χ0) is 15.2. The van der Waals surface area contributed by atoms with Crippen LogP contribution in [0.25, 0.3) is 0 Å². The van der Waals surface area contributed by atoms with Crippen LogP contribution in [0.5, 0.6) is 11.5 Å². The second-order valence-electron chi connectivity index (χ2n) is 5.22. The molecule has 0 saturated carbocycles. The first-order chi connectivity index (χ1) is 10.2. The highest BCUT2D eigenvalue weighted by Gasteiger charge is 2.22. The number of ether oxygens (including phenoxy) is 2. The molecule has 1 amide bonds. The van der Waals surface area contributed by atoms with E-state index in [1.54, 1.807) is 32.4 Å². The number of hydrogen-bond acceptors (Lipinski definition) is 4. The first-order valence-corrected chi connectivity index (χ1v) is 7.43. The van der Waals surface area contributed by atoms with Crippen LogP contribution in [0.15, 0.2) is 18.2 Å². The molecule has 1 saturated heterocycles. The minimum Gasteiger partial charge on any atom is -0.493 e. The molecular formula is C16H24N2O3. The van der Waals surface area contributed by atoms with E-state index in [2.05, 4.69) is 17.1 Å². The third kappa shape index (κ3) is 3.67. The number of nitrogens with zero attached hydrogens (tertiary/aromatic N) is 1. The van der Waals surface area contributed by atoms with Gasteiger partial charge >= 0.3 is 0 Å². The number of carbonyl (C=O) groups is 1.